The van der Waals surface area contributed by atoms with E-state index >= 15 is 0 Å². The number of hydrogen-bond donors (Lipinski definition) is 1. The van der Waals surface area contributed by atoms with Crippen molar-refractivity contribution in [1.82, 2.24) is 5.32 Å². The van der Waals surface area contributed by atoms with Gasteiger partial charge in [0.15, 0.2) is 11.6 Å². The number of hydrogen-bond acceptors (Lipinski definition) is 2. The molecule has 1 aliphatic rings. The number of rotatable bonds is 5. The summed E-state index contributed by atoms with van der Waals surface area (Å²) >= 11 is 0. The monoisotopic (exact) mass is 255 g/mol. The molecule has 4 heteroatoms. The summed E-state index contributed by atoms with van der Waals surface area (Å²) in [4.78, 5) is 0. The molecule has 18 heavy (non-hydrogen) atoms. The fourth-order valence-corrected chi connectivity index (χ4v) is 2.32. The van der Waals surface area contributed by atoms with E-state index in [2.05, 4.69) is 5.32 Å². The van der Waals surface area contributed by atoms with Crippen LogP contribution in [0.25, 0.3) is 0 Å². The van der Waals surface area contributed by atoms with Gasteiger partial charge in [0.2, 0.25) is 0 Å². The molecule has 2 rings (SSSR count). The molecule has 1 N–H and O–H groups in total. The second-order valence-electron chi connectivity index (χ2n) is 4.71. The maximum atomic E-state index is 13.2. The lowest BCUT2D eigenvalue weighted by Crippen LogP contribution is -2.34. The van der Waals surface area contributed by atoms with Crippen LogP contribution in [0.3, 0.4) is 0 Å². The summed E-state index contributed by atoms with van der Waals surface area (Å²) in [5.74, 6) is -1.12. The predicted molar refractivity (Wildman–Crippen MR) is 66.7 cm³/mol. The van der Waals surface area contributed by atoms with Crippen molar-refractivity contribution in [3.8, 4) is 5.75 Å². The van der Waals surface area contributed by atoms with Crippen LogP contribution in [0, 0.1) is 11.6 Å². The Balaban J connectivity index is 1.68. The third-order valence-electron chi connectivity index (χ3n) is 3.29. The number of benzene rings is 1. The SMILES string of the molecule is Fc1ccc(OCCNC2CCCCC2)c(F)c1. The molecule has 0 saturated heterocycles. The van der Waals surface area contributed by atoms with Crippen molar-refractivity contribution in [3.05, 3.63) is 29.8 Å². The molecular weight excluding hydrogens is 236 g/mol. The first-order valence-electron chi connectivity index (χ1n) is 6.57. The molecule has 0 radical (unpaired) electrons. The van der Waals surface area contributed by atoms with Crippen LogP contribution in [0.15, 0.2) is 18.2 Å². The zero-order valence-electron chi connectivity index (χ0n) is 10.4. The van der Waals surface area contributed by atoms with Gasteiger partial charge in [-0.05, 0) is 25.0 Å². The van der Waals surface area contributed by atoms with Crippen molar-refractivity contribution < 1.29 is 13.5 Å². The fourth-order valence-electron chi connectivity index (χ4n) is 2.32. The Morgan fingerprint density at radius 1 is 1.17 bits per heavy atom. The summed E-state index contributed by atoms with van der Waals surface area (Å²) < 4.78 is 31.2. The van der Waals surface area contributed by atoms with Gasteiger partial charge in [-0.3, -0.25) is 0 Å². The minimum absolute atomic E-state index is 0.113. The largest absolute Gasteiger partial charge is 0.489 e. The van der Waals surface area contributed by atoms with Gasteiger partial charge in [-0.25, -0.2) is 8.78 Å². The van der Waals surface area contributed by atoms with Gasteiger partial charge < -0.3 is 10.1 Å². The van der Waals surface area contributed by atoms with E-state index in [1.807, 2.05) is 0 Å². The summed E-state index contributed by atoms with van der Waals surface area (Å²) in [6.07, 6.45) is 6.32. The second kappa shape index (κ2) is 6.69. The molecule has 0 bridgehead atoms. The molecule has 0 amide bonds. The highest BCUT2D eigenvalue weighted by Gasteiger charge is 2.12. The van der Waals surface area contributed by atoms with Crippen molar-refractivity contribution in [2.45, 2.75) is 38.1 Å². The predicted octanol–water partition coefficient (Wildman–Crippen LogP) is 3.27. The summed E-state index contributed by atoms with van der Waals surface area (Å²) in [5, 5.41) is 3.40. The fraction of sp³-hybridized carbons (Fsp3) is 0.571. The molecule has 0 aromatic heterocycles. The van der Waals surface area contributed by atoms with Crippen molar-refractivity contribution in [1.29, 1.82) is 0 Å². The number of halogens is 2. The summed E-state index contributed by atoms with van der Waals surface area (Å²) in [5.41, 5.74) is 0. The molecule has 1 fully saturated rings. The summed E-state index contributed by atoms with van der Waals surface area (Å²) in [7, 11) is 0. The van der Waals surface area contributed by atoms with Crippen molar-refractivity contribution in [2.24, 2.45) is 0 Å². The van der Waals surface area contributed by atoms with E-state index in [0.717, 1.165) is 6.07 Å². The van der Waals surface area contributed by atoms with Gasteiger partial charge in [-0.15, -0.1) is 0 Å². The normalized spacial score (nSPS) is 16.8. The van der Waals surface area contributed by atoms with Crippen LogP contribution in [0.1, 0.15) is 32.1 Å². The first-order valence-corrected chi connectivity index (χ1v) is 6.57. The van der Waals surface area contributed by atoms with Gasteiger partial charge in [0.1, 0.15) is 12.4 Å². The third-order valence-corrected chi connectivity index (χ3v) is 3.29. The smallest absolute Gasteiger partial charge is 0.167 e. The van der Waals surface area contributed by atoms with Crippen LogP contribution in [-0.4, -0.2) is 19.2 Å². The highest BCUT2D eigenvalue weighted by molar-refractivity contribution is 5.24. The van der Waals surface area contributed by atoms with Crippen LogP contribution in [0.2, 0.25) is 0 Å². The van der Waals surface area contributed by atoms with E-state index in [4.69, 9.17) is 4.74 Å². The lowest BCUT2D eigenvalue weighted by atomic mass is 9.96. The third kappa shape index (κ3) is 3.95. The zero-order chi connectivity index (χ0) is 12.8. The maximum absolute atomic E-state index is 13.2. The standard InChI is InChI=1S/C14H19F2NO/c15-11-6-7-14(13(16)10-11)18-9-8-17-12-4-2-1-3-5-12/h6-7,10,12,17H,1-5,8-9H2. The number of ether oxygens (including phenoxy) is 1. The lowest BCUT2D eigenvalue weighted by Gasteiger charge is -2.22. The van der Waals surface area contributed by atoms with E-state index in [-0.39, 0.29) is 5.75 Å². The molecule has 0 heterocycles. The van der Waals surface area contributed by atoms with Gasteiger partial charge in [0, 0.05) is 18.7 Å². The van der Waals surface area contributed by atoms with Crippen LogP contribution in [-0.2, 0) is 0 Å². The summed E-state index contributed by atoms with van der Waals surface area (Å²) in [6, 6.07) is 3.93. The maximum Gasteiger partial charge on any atom is 0.167 e. The Hall–Kier alpha value is -1.16. The minimum atomic E-state index is -0.646. The molecule has 1 aromatic rings. The Bertz CT molecular complexity index is 378. The van der Waals surface area contributed by atoms with E-state index < -0.39 is 11.6 Å². The van der Waals surface area contributed by atoms with Crippen molar-refractivity contribution >= 4 is 0 Å². The molecule has 0 atom stereocenters. The highest BCUT2D eigenvalue weighted by Crippen LogP contribution is 2.18. The molecule has 1 aromatic carbocycles. The quantitative estimate of drug-likeness (QED) is 0.815. The van der Waals surface area contributed by atoms with Gasteiger partial charge in [-0.2, -0.15) is 0 Å². The van der Waals surface area contributed by atoms with Gasteiger partial charge in [-0.1, -0.05) is 19.3 Å². The molecular formula is C14H19F2NO. The van der Waals surface area contributed by atoms with Gasteiger partial charge >= 0.3 is 0 Å². The Morgan fingerprint density at radius 3 is 2.67 bits per heavy atom. The van der Waals surface area contributed by atoms with Crippen LogP contribution >= 0.6 is 0 Å². The molecule has 0 aliphatic heterocycles. The average molecular weight is 255 g/mol. The zero-order valence-corrected chi connectivity index (χ0v) is 10.4. The molecule has 1 aliphatic carbocycles. The van der Waals surface area contributed by atoms with Crippen LogP contribution in [0.4, 0.5) is 8.78 Å². The molecule has 0 spiro atoms. The highest BCUT2D eigenvalue weighted by atomic mass is 19.1. The molecule has 2 nitrogen and oxygen atoms in total. The van der Waals surface area contributed by atoms with Crippen molar-refractivity contribution in [2.75, 3.05) is 13.2 Å². The lowest BCUT2D eigenvalue weighted by molar-refractivity contribution is 0.278. The second-order valence-corrected chi connectivity index (χ2v) is 4.71. The molecule has 0 unspecified atom stereocenters. The average Bonchev–Trinajstić information content (AvgIpc) is 2.38. The van der Waals surface area contributed by atoms with E-state index in [1.165, 1.54) is 44.2 Å². The van der Waals surface area contributed by atoms with E-state index in [9.17, 15) is 8.78 Å². The van der Waals surface area contributed by atoms with E-state index in [0.29, 0.717) is 19.2 Å². The van der Waals surface area contributed by atoms with Gasteiger partial charge in [0.25, 0.3) is 0 Å². The first kappa shape index (κ1) is 13.3. The Kier molecular flexibility index (Phi) is 4.93. The van der Waals surface area contributed by atoms with Crippen LogP contribution < -0.4 is 10.1 Å². The van der Waals surface area contributed by atoms with Crippen molar-refractivity contribution in [3.63, 3.8) is 0 Å². The first-order chi connectivity index (χ1) is 8.75. The minimum Gasteiger partial charge on any atom is -0.489 e. The number of nitrogens with one attached hydrogen (secondary N) is 1. The Labute approximate surface area is 106 Å². The topological polar surface area (TPSA) is 21.3 Å². The molecule has 100 valence electrons. The summed E-state index contributed by atoms with van der Waals surface area (Å²) in [6.45, 7) is 1.10. The van der Waals surface area contributed by atoms with Gasteiger partial charge in [0.05, 0.1) is 0 Å². The molecule has 1 saturated carbocycles. The van der Waals surface area contributed by atoms with Crippen LogP contribution in [0.5, 0.6) is 5.75 Å². The Morgan fingerprint density at radius 2 is 1.94 bits per heavy atom. The van der Waals surface area contributed by atoms with E-state index in [1.54, 1.807) is 0 Å².